The first-order chi connectivity index (χ1) is 13.7. The van der Waals surface area contributed by atoms with Crippen LogP contribution in [-0.2, 0) is 0 Å². The van der Waals surface area contributed by atoms with Crippen LogP contribution in [0.1, 0.15) is 20.7 Å². The summed E-state index contributed by atoms with van der Waals surface area (Å²) >= 11 is 0. The van der Waals surface area contributed by atoms with Gasteiger partial charge in [0.2, 0.25) is 11.6 Å². The van der Waals surface area contributed by atoms with Crippen LogP contribution in [0.5, 0.6) is 5.75 Å². The number of methoxy groups -OCH3 is 1. The van der Waals surface area contributed by atoms with E-state index in [1.54, 1.807) is 55.6 Å². The van der Waals surface area contributed by atoms with Crippen molar-refractivity contribution in [3.05, 3.63) is 101 Å². The molecule has 0 atom stereocenters. The number of hydrogen-bond donors (Lipinski definition) is 2. The van der Waals surface area contributed by atoms with Crippen molar-refractivity contribution >= 4 is 22.9 Å². The molecule has 0 bridgehead atoms. The van der Waals surface area contributed by atoms with Crippen molar-refractivity contribution in [1.82, 2.24) is 0 Å². The van der Waals surface area contributed by atoms with Gasteiger partial charge in [0.1, 0.15) is 17.1 Å². The monoisotopic (exact) mass is 370 g/mol. The molecular formula is C23H18N2O3. The summed E-state index contributed by atoms with van der Waals surface area (Å²) in [7, 11) is 1.59. The molecule has 3 aromatic carbocycles. The van der Waals surface area contributed by atoms with Gasteiger partial charge >= 0.3 is 0 Å². The molecule has 0 fully saturated rings. The Bertz CT molecular complexity index is 1070. The molecule has 2 N–H and O–H groups in total. The van der Waals surface area contributed by atoms with E-state index < -0.39 is 0 Å². The number of benzene rings is 3. The van der Waals surface area contributed by atoms with E-state index in [0.29, 0.717) is 22.6 Å². The van der Waals surface area contributed by atoms with Gasteiger partial charge < -0.3 is 15.4 Å². The lowest BCUT2D eigenvalue weighted by atomic mass is 9.90. The predicted molar refractivity (Wildman–Crippen MR) is 109 cm³/mol. The van der Waals surface area contributed by atoms with Crippen molar-refractivity contribution in [2.24, 2.45) is 0 Å². The Morgan fingerprint density at radius 2 is 1.07 bits per heavy atom. The maximum Gasteiger partial charge on any atom is 0.212 e. The third-order valence-electron chi connectivity index (χ3n) is 4.52. The van der Waals surface area contributed by atoms with Gasteiger partial charge in [0, 0.05) is 22.5 Å². The van der Waals surface area contributed by atoms with E-state index in [0.717, 1.165) is 5.69 Å². The number of carbonyl (C=O) groups is 2. The molecule has 1 aliphatic carbocycles. The number of anilines is 2. The van der Waals surface area contributed by atoms with Gasteiger partial charge in [-0.2, -0.15) is 0 Å². The Labute approximate surface area is 162 Å². The quantitative estimate of drug-likeness (QED) is 0.692. The number of fused-ring (bicyclic) bond motifs is 1. The molecule has 28 heavy (non-hydrogen) atoms. The highest BCUT2D eigenvalue weighted by Crippen LogP contribution is 2.29. The molecule has 0 unspecified atom stereocenters. The molecule has 4 rings (SSSR count). The highest BCUT2D eigenvalue weighted by molar-refractivity contribution is 6.28. The first kappa shape index (κ1) is 17.5. The van der Waals surface area contributed by atoms with E-state index in [2.05, 4.69) is 10.6 Å². The van der Waals surface area contributed by atoms with Crippen LogP contribution in [0.2, 0.25) is 0 Å². The number of nitrogens with one attached hydrogen (secondary N) is 2. The Morgan fingerprint density at radius 1 is 0.607 bits per heavy atom. The topological polar surface area (TPSA) is 67.4 Å². The van der Waals surface area contributed by atoms with E-state index in [4.69, 9.17) is 4.74 Å². The summed E-state index contributed by atoms with van der Waals surface area (Å²) in [6.07, 6.45) is 0. The second kappa shape index (κ2) is 7.40. The van der Waals surface area contributed by atoms with Crippen LogP contribution >= 0.6 is 0 Å². The molecular weight excluding hydrogens is 352 g/mol. The molecule has 0 amide bonds. The van der Waals surface area contributed by atoms with Gasteiger partial charge in [0.05, 0.1) is 7.11 Å². The molecule has 0 aliphatic heterocycles. The number of carbonyl (C=O) groups excluding carboxylic acids is 2. The summed E-state index contributed by atoms with van der Waals surface area (Å²) in [6.45, 7) is 0. The van der Waals surface area contributed by atoms with Crippen molar-refractivity contribution in [2.45, 2.75) is 0 Å². The van der Waals surface area contributed by atoms with Crippen LogP contribution in [0, 0.1) is 0 Å². The molecule has 5 heteroatoms. The highest BCUT2D eigenvalue weighted by atomic mass is 16.5. The summed E-state index contributed by atoms with van der Waals surface area (Å²) in [6, 6.07) is 23.3. The average molecular weight is 370 g/mol. The predicted octanol–water partition coefficient (Wildman–Crippen LogP) is 4.51. The number of ketones is 2. The van der Waals surface area contributed by atoms with Gasteiger partial charge in [-0.05, 0) is 36.4 Å². The molecule has 0 spiro atoms. The normalized spacial score (nSPS) is 13.2. The van der Waals surface area contributed by atoms with E-state index in [1.807, 2.05) is 30.3 Å². The average Bonchev–Trinajstić information content (AvgIpc) is 2.75. The largest absolute Gasteiger partial charge is 0.497 e. The standard InChI is InChI=1S/C23H18N2O3/c1-28-17-13-11-16(12-14-17)25-21-20(24-15-7-3-2-4-8-15)22(26)18-9-5-6-10-19(18)23(21)27/h2-14,24-25H,1H3. The van der Waals surface area contributed by atoms with Gasteiger partial charge in [-0.3, -0.25) is 9.59 Å². The van der Waals surface area contributed by atoms with Crippen molar-refractivity contribution in [3.8, 4) is 5.75 Å². The number of ether oxygens (including phenoxy) is 1. The maximum absolute atomic E-state index is 13.2. The Kier molecular flexibility index (Phi) is 4.64. The molecule has 5 nitrogen and oxygen atoms in total. The zero-order valence-electron chi connectivity index (χ0n) is 15.2. The number of Topliss-reactive ketones (excluding diaryl/α,β-unsaturated/α-hetero) is 2. The number of para-hydroxylation sites is 1. The maximum atomic E-state index is 13.2. The van der Waals surface area contributed by atoms with Crippen molar-refractivity contribution < 1.29 is 14.3 Å². The number of rotatable bonds is 5. The molecule has 138 valence electrons. The van der Waals surface area contributed by atoms with Crippen LogP contribution in [0.4, 0.5) is 11.4 Å². The van der Waals surface area contributed by atoms with Crippen molar-refractivity contribution in [2.75, 3.05) is 17.7 Å². The van der Waals surface area contributed by atoms with Crippen molar-refractivity contribution in [1.29, 1.82) is 0 Å². The zero-order valence-corrected chi connectivity index (χ0v) is 15.2. The van der Waals surface area contributed by atoms with E-state index in [9.17, 15) is 9.59 Å². The Hall–Kier alpha value is -3.86. The fourth-order valence-corrected chi connectivity index (χ4v) is 3.10. The molecule has 0 saturated carbocycles. The van der Waals surface area contributed by atoms with Gasteiger partial charge in [-0.25, -0.2) is 0 Å². The third-order valence-corrected chi connectivity index (χ3v) is 4.52. The van der Waals surface area contributed by atoms with Gasteiger partial charge in [0.25, 0.3) is 0 Å². The minimum Gasteiger partial charge on any atom is -0.497 e. The fraction of sp³-hybridized carbons (Fsp3) is 0.0435. The van der Waals surface area contributed by atoms with Crippen LogP contribution < -0.4 is 15.4 Å². The lowest BCUT2D eigenvalue weighted by Crippen LogP contribution is -2.29. The highest BCUT2D eigenvalue weighted by Gasteiger charge is 2.32. The minimum atomic E-state index is -0.232. The summed E-state index contributed by atoms with van der Waals surface area (Å²) in [5, 5.41) is 6.23. The molecule has 1 aliphatic rings. The number of allylic oxidation sites excluding steroid dienone is 2. The van der Waals surface area contributed by atoms with Gasteiger partial charge in [-0.1, -0.05) is 42.5 Å². The lowest BCUT2D eigenvalue weighted by molar-refractivity contribution is 0.0977. The van der Waals surface area contributed by atoms with Crippen LogP contribution in [-0.4, -0.2) is 18.7 Å². The molecule has 3 aromatic rings. The first-order valence-electron chi connectivity index (χ1n) is 8.83. The minimum absolute atomic E-state index is 0.220. The molecule has 0 saturated heterocycles. The van der Waals surface area contributed by atoms with Crippen LogP contribution in [0.25, 0.3) is 0 Å². The Morgan fingerprint density at radius 3 is 1.57 bits per heavy atom. The summed E-state index contributed by atoms with van der Waals surface area (Å²) in [5.74, 6) is 0.248. The first-order valence-corrected chi connectivity index (χ1v) is 8.83. The second-order valence-electron chi connectivity index (χ2n) is 6.30. The van der Waals surface area contributed by atoms with Crippen LogP contribution in [0.15, 0.2) is 90.3 Å². The zero-order chi connectivity index (χ0) is 19.5. The summed E-state index contributed by atoms with van der Waals surface area (Å²) < 4.78 is 5.17. The second-order valence-corrected chi connectivity index (χ2v) is 6.30. The number of hydrogen-bond acceptors (Lipinski definition) is 5. The van der Waals surface area contributed by atoms with E-state index >= 15 is 0 Å². The summed E-state index contributed by atoms with van der Waals surface area (Å²) in [4.78, 5) is 26.3. The molecule has 0 radical (unpaired) electrons. The third kappa shape index (κ3) is 3.25. The van der Waals surface area contributed by atoms with Crippen molar-refractivity contribution in [3.63, 3.8) is 0 Å². The van der Waals surface area contributed by atoms with Gasteiger partial charge in [-0.15, -0.1) is 0 Å². The fourth-order valence-electron chi connectivity index (χ4n) is 3.10. The van der Waals surface area contributed by atoms with E-state index in [1.165, 1.54) is 0 Å². The smallest absolute Gasteiger partial charge is 0.212 e. The molecule has 0 heterocycles. The lowest BCUT2D eigenvalue weighted by Gasteiger charge is -2.23. The Balaban J connectivity index is 1.78. The van der Waals surface area contributed by atoms with E-state index in [-0.39, 0.29) is 23.0 Å². The molecule has 0 aromatic heterocycles. The SMILES string of the molecule is COc1ccc(NC2=C(Nc3ccccc3)C(=O)c3ccccc3C2=O)cc1. The van der Waals surface area contributed by atoms with Gasteiger partial charge in [0.15, 0.2) is 0 Å². The summed E-state index contributed by atoms with van der Waals surface area (Å²) in [5.41, 5.74) is 2.65. The van der Waals surface area contributed by atoms with Crippen LogP contribution in [0.3, 0.4) is 0 Å².